The molecule has 0 saturated carbocycles. The molecule has 0 N–H and O–H groups in total. The summed E-state index contributed by atoms with van der Waals surface area (Å²) in [5, 5.41) is 0. The number of aryl methyl sites for hydroxylation is 2. The van der Waals surface area contributed by atoms with Crippen LogP contribution in [0.3, 0.4) is 0 Å². The highest BCUT2D eigenvalue weighted by Crippen LogP contribution is 2.21. The molecular weight excluding hydrogens is 218 g/mol. The number of aromatic nitrogens is 1. The molecule has 0 atom stereocenters. The molecule has 1 heteroatoms. The lowest BCUT2D eigenvalue weighted by molar-refractivity contribution is 0.692. The van der Waals surface area contributed by atoms with Crippen molar-refractivity contribution in [3.05, 3.63) is 28.6 Å². The zero-order valence-corrected chi connectivity index (χ0v) is 12.7. The summed E-state index contributed by atoms with van der Waals surface area (Å²) in [5.74, 6) is 0. The Morgan fingerprint density at radius 2 is 1.67 bits per heavy atom. The zero-order chi connectivity index (χ0) is 13.4. The monoisotopic (exact) mass is 247 g/mol. The summed E-state index contributed by atoms with van der Waals surface area (Å²) in [4.78, 5) is 4.74. The highest BCUT2D eigenvalue weighted by molar-refractivity contribution is 5.36. The van der Waals surface area contributed by atoms with Crippen molar-refractivity contribution in [2.45, 2.75) is 79.1 Å². The molecule has 0 unspecified atom stereocenters. The van der Waals surface area contributed by atoms with E-state index in [1.165, 1.54) is 55.3 Å². The summed E-state index contributed by atoms with van der Waals surface area (Å²) < 4.78 is 0. The first kappa shape index (κ1) is 15.2. The maximum absolute atomic E-state index is 4.74. The fourth-order valence-electron chi connectivity index (χ4n) is 2.54. The van der Waals surface area contributed by atoms with Crippen molar-refractivity contribution in [3.63, 3.8) is 0 Å². The minimum atomic E-state index is 1.10. The third kappa shape index (κ3) is 4.12. The van der Waals surface area contributed by atoms with E-state index in [4.69, 9.17) is 4.98 Å². The Labute approximate surface area is 113 Å². The van der Waals surface area contributed by atoms with Gasteiger partial charge in [0, 0.05) is 11.9 Å². The number of nitrogens with zero attached hydrogens (tertiary/aromatic N) is 1. The van der Waals surface area contributed by atoms with Crippen molar-refractivity contribution in [2.24, 2.45) is 0 Å². The van der Waals surface area contributed by atoms with Gasteiger partial charge in [-0.05, 0) is 55.7 Å². The maximum atomic E-state index is 4.74. The maximum Gasteiger partial charge on any atom is 0.0438 e. The Balaban J connectivity index is 2.89. The van der Waals surface area contributed by atoms with Gasteiger partial charge in [-0.15, -0.1) is 0 Å². The highest BCUT2D eigenvalue weighted by Gasteiger charge is 2.10. The van der Waals surface area contributed by atoms with Crippen molar-refractivity contribution >= 4 is 0 Å². The highest BCUT2D eigenvalue weighted by atomic mass is 14.7. The summed E-state index contributed by atoms with van der Waals surface area (Å²) in [5.41, 5.74) is 5.85. The molecule has 1 heterocycles. The molecule has 1 nitrogen and oxygen atoms in total. The molecule has 0 aliphatic rings. The van der Waals surface area contributed by atoms with Crippen molar-refractivity contribution in [1.82, 2.24) is 4.98 Å². The lowest BCUT2D eigenvalue weighted by atomic mass is 9.94. The van der Waals surface area contributed by atoms with E-state index in [1.807, 2.05) is 0 Å². The van der Waals surface area contributed by atoms with Crippen LogP contribution in [0.25, 0.3) is 0 Å². The molecule has 1 aromatic rings. The van der Waals surface area contributed by atoms with Gasteiger partial charge in [-0.3, -0.25) is 4.98 Å². The average molecular weight is 247 g/mol. The normalized spacial score (nSPS) is 10.9. The van der Waals surface area contributed by atoms with Crippen LogP contribution in [0.15, 0.2) is 6.20 Å². The van der Waals surface area contributed by atoms with Gasteiger partial charge in [-0.25, -0.2) is 0 Å². The van der Waals surface area contributed by atoms with E-state index in [2.05, 4.69) is 33.9 Å². The van der Waals surface area contributed by atoms with E-state index in [-0.39, 0.29) is 0 Å². The van der Waals surface area contributed by atoms with Crippen LogP contribution in [0.4, 0.5) is 0 Å². The summed E-state index contributed by atoms with van der Waals surface area (Å²) >= 11 is 0. The number of pyridine rings is 1. The first-order valence-corrected chi connectivity index (χ1v) is 7.70. The van der Waals surface area contributed by atoms with Crippen LogP contribution in [0.2, 0.25) is 0 Å². The first-order chi connectivity index (χ1) is 8.74. The molecule has 1 rings (SSSR count). The van der Waals surface area contributed by atoms with Gasteiger partial charge in [-0.1, -0.05) is 40.0 Å². The van der Waals surface area contributed by atoms with E-state index in [0.29, 0.717) is 0 Å². The molecule has 0 aliphatic heterocycles. The van der Waals surface area contributed by atoms with Crippen molar-refractivity contribution in [1.29, 1.82) is 0 Å². The van der Waals surface area contributed by atoms with Gasteiger partial charge in [0.1, 0.15) is 0 Å². The standard InChI is InChI=1S/C17H29N/c1-5-8-10-12-17-16(11-9-6-2)14(4)15(7-3)13-18-17/h13H,5-12H2,1-4H3. The lowest BCUT2D eigenvalue weighted by Gasteiger charge is -2.14. The van der Waals surface area contributed by atoms with E-state index in [1.54, 1.807) is 5.56 Å². The number of unbranched alkanes of at least 4 members (excludes halogenated alkanes) is 3. The van der Waals surface area contributed by atoms with E-state index < -0.39 is 0 Å². The lowest BCUT2D eigenvalue weighted by Crippen LogP contribution is -2.05. The number of rotatable bonds is 8. The van der Waals surface area contributed by atoms with Crippen LogP contribution in [0.5, 0.6) is 0 Å². The minimum absolute atomic E-state index is 1.10. The van der Waals surface area contributed by atoms with Crippen LogP contribution < -0.4 is 0 Å². The predicted molar refractivity (Wildman–Crippen MR) is 80.2 cm³/mol. The van der Waals surface area contributed by atoms with Crippen molar-refractivity contribution in [3.8, 4) is 0 Å². The topological polar surface area (TPSA) is 12.9 Å². The van der Waals surface area contributed by atoms with Gasteiger partial charge in [0.15, 0.2) is 0 Å². The molecule has 0 spiro atoms. The number of hydrogen-bond donors (Lipinski definition) is 0. The fourth-order valence-corrected chi connectivity index (χ4v) is 2.54. The van der Waals surface area contributed by atoms with E-state index >= 15 is 0 Å². The van der Waals surface area contributed by atoms with Crippen LogP contribution in [-0.2, 0) is 19.3 Å². The third-order valence-corrected chi connectivity index (χ3v) is 3.84. The quantitative estimate of drug-likeness (QED) is 0.587. The summed E-state index contributed by atoms with van der Waals surface area (Å²) in [6.07, 6.45) is 12.0. The van der Waals surface area contributed by atoms with Gasteiger partial charge in [0.2, 0.25) is 0 Å². The Bertz CT molecular complexity index is 355. The summed E-state index contributed by atoms with van der Waals surface area (Å²) in [7, 11) is 0. The molecular formula is C17H29N. The second kappa shape index (κ2) is 8.29. The molecule has 0 aliphatic carbocycles. The molecule has 0 aromatic carbocycles. The third-order valence-electron chi connectivity index (χ3n) is 3.84. The molecule has 102 valence electrons. The molecule has 0 radical (unpaired) electrons. The Hall–Kier alpha value is -0.850. The van der Waals surface area contributed by atoms with Crippen molar-refractivity contribution < 1.29 is 0 Å². The first-order valence-electron chi connectivity index (χ1n) is 7.70. The Kier molecular flexibility index (Phi) is 7.00. The second-order valence-electron chi connectivity index (χ2n) is 5.25. The zero-order valence-electron chi connectivity index (χ0n) is 12.7. The molecule has 18 heavy (non-hydrogen) atoms. The van der Waals surface area contributed by atoms with E-state index in [9.17, 15) is 0 Å². The second-order valence-corrected chi connectivity index (χ2v) is 5.25. The molecule has 1 aromatic heterocycles. The summed E-state index contributed by atoms with van der Waals surface area (Å²) in [6.45, 7) is 9.04. The van der Waals surface area contributed by atoms with Crippen LogP contribution in [-0.4, -0.2) is 4.98 Å². The minimum Gasteiger partial charge on any atom is -0.261 e. The van der Waals surface area contributed by atoms with E-state index in [0.717, 1.165) is 12.8 Å². The predicted octanol–water partition coefficient (Wildman–Crippen LogP) is 5.03. The largest absolute Gasteiger partial charge is 0.261 e. The smallest absolute Gasteiger partial charge is 0.0438 e. The van der Waals surface area contributed by atoms with Crippen LogP contribution >= 0.6 is 0 Å². The SMILES string of the molecule is CCCCCc1ncc(CC)c(C)c1CCCC. The van der Waals surface area contributed by atoms with Crippen LogP contribution in [0, 0.1) is 6.92 Å². The fraction of sp³-hybridized carbons (Fsp3) is 0.706. The molecule has 0 saturated heterocycles. The van der Waals surface area contributed by atoms with Crippen LogP contribution in [0.1, 0.15) is 75.3 Å². The van der Waals surface area contributed by atoms with Gasteiger partial charge in [-0.2, -0.15) is 0 Å². The number of hydrogen-bond acceptors (Lipinski definition) is 1. The molecule has 0 bridgehead atoms. The van der Waals surface area contributed by atoms with Gasteiger partial charge in [0.05, 0.1) is 0 Å². The van der Waals surface area contributed by atoms with Gasteiger partial charge < -0.3 is 0 Å². The van der Waals surface area contributed by atoms with Gasteiger partial charge >= 0.3 is 0 Å². The molecule has 0 fully saturated rings. The average Bonchev–Trinajstić information content (AvgIpc) is 2.38. The molecule has 0 amide bonds. The Morgan fingerprint density at radius 1 is 0.944 bits per heavy atom. The van der Waals surface area contributed by atoms with Gasteiger partial charge in [0.25, 0.3) is 0 Å². The summed E-state index contributed by atoms with van der Waals surface area (Å²) in [6, 6.07) is 0. The van der Waals surface area contributed by atoms with Crippen molar-refractivity contribution in [2.75, 3.05) is 0 Å². The Morgan fingerprint density at radius 3 is 2.28 bits per heavy atom.